The first kappa shape index (κ1) is 13.0. The number of aromatic nitrogens is 3. The summed E-state index contributed by atoms with van der Waals surface area (Å²) in [4.78, 5) is 13.7. The molecule has 3 heterocycles. The largest absolute Gasteiger partial charge is 0.325 e. The molecule has 0 spiro atoms. The average molecular weight is 268 g/mol. The van der Waals surface area contributed by atoms with E-state index in [4.69, 9.17) is 4.98 Å². The van der Waals surface area contributed by atoms with Crippen LogP contribution in [0.25, 0.3) is 0 Å². The summed E-state index contributed by atoms with van der Waals surface area (Å²) in [6.07, 6.45) is 4.75. The predicted molar refractivity (Wildman–Crippen MR) is 80.2 cm³/mol. The van der Waals surface area contributed by atoms with Crippen LogP contribution in [0.4, 0.5) is 0 Å². The van der Waals surface area contributed by atoms with Crippen LogP contribution in [0.15, 0.2) is 29.4 Å². The maximum atomic E-state index is 4.76. The third-order valence-corrected chi connectivity index (χ3v) is 3.96. The van der Waals surface area contributed by atoms with Crippen LogP contribution in [0.3, 0.4) is 0 Å². The monoisotopic (exact) mass is 268 g/mol. The first-order chi connectivity index (χ1) is 9.66. The molecule has 0 saturated carbocycles. The number of pyridine rings is 1. The molecule has 1 aliphatic heterocycles. The Morgan fingerprint density at radius 3 is 3.00 bits per heavy atom. The molecule has 0 aliphatic carbocycles. The third kappa shape index (κ3) is 2.26. The number of hydrogen-bond donors (Lipinski definition) is 0. The van der Waals surface area contributed by atoms with Crippen LogP contribution >= 0.6 is 0 Å². The van der Waals surface area contributed by atoms with Crippen molar-refractivity contribution in [3.63, 3.8) is 0 Å². The van der Waals surface area contributed by atoms with E-state index >= 15 is 0 Å². The van der Waals surface area contributed by atoms with Gasteiger partial charge in [0.15, 0.2) is 0 Å². The normalized spacial score (nSPS) is 18.9. The fourth-order valence-corrected chi connectivity index (χ4v) is 2.91. The van der Waals surface area contributed by atoms with E-state index in [1.165, 1.54) is 11.4 Å². The second kappa shape index (κ2) is 5.19. The molecule has 4 heteroatoms. The van der Waals surface area contributed by atoms with Crippen LogP contribution in [-0.2, 0) is 13.0 Å². The topological polar surface area (TPSA) is 43.1 Å². The van der Waals surface area contributed by atoms with Gasteiger partial charge in [0.2, 0.25) is 0 Å². The van der Waals surface area contributed by atoms with Gasteiger partial charge < -0.3 is 4.57 Å². The summed E-state index contributed by atoms with van der Waals surface area (Å²) in [7, 11) is 0. The van der Waals surface area contributed by atoms with Crippen LogP contribution in [0.5, 0.6) is 0 Å². The molecule has 4 nitrogen and oxygen atoms in total. The smallest absolute Gasteiger partial charge is 0.106 e. The Morgan fingerprint density at radius 1 is 1.40 bits per heavy atom. The molecule has 1 aliphatic rings. The summed E-state index contributed by atoms with van der Waals surface area (Å²) in [5.41, 5.74) is 3.57. The lowest BCUT2D eigenvalue weighted by Crippen LogP contribution is -2.14. The Balaban J connectivity index is 1.89. The van der Waals surface area contributed by atoms with Gasteiger partial charge in [-0.25, -0.2) is 4.98 Å². The van der Waals surface area contributed by atoms with Gasteiger partial charge in [-0.1, -0.05) is 13.0 Å². The molecule has 104 valence electrons. The minimum absolute atomic E-state index is 0.205. The molecule has 0 bridgehead atoms. The molecular formula is C16H20N4. The first-order valence-corrected chi connectivity index (χ1v) is 7.15. The lowest BCUT2D eigenvalue weighted by atomic mass is 9.98. The maximum absolute atomic E-state index is 4.76. The lowest BCUT2D eigenvalue weighted by Gasteiger charge is -2.18. The zero-order valence-electron chi connectivity index (χ0n) is 12.2. The number of rotatable bonds is 3. The Hall–Kier alpha value is -1.97. The predicted octanol–water partition coefficient (Wildman–Crippen LogP) is 3.08. The maximum Gasteiger partial charge on any atom is 0.106 e. The van der Waals surface area contributed by atoms with Crippen molar-refractivity contribution >= 4 is 6.21 Å². The van der Waals surface area contributed by atoms with Crippen LogP contribution < -0.4 is 0 Å². The van der Waals surface area contributed by atoms with Gasteiger partial charge in [0.05, 0.1) is 24.0 Å². The van der Waals surface area contributed by atoms with Crippen LogP contribution in [0, 0.1) is 6.92 Å². The average Bonchev–Trinajstić information content (AvgIpc) is 2.78. The lowest BCUT2D eigenvalue weighted by molar-refractivity contribution is 0.637. The highest BCUT2D eigenvalue weighted by molar-refractivity contribution is 5.60. The van der Waals surface area contributed by atoms with Crippen molar-refractivity contribution in [3.05, 3.63) is 47.3 Å². The SMILES string of the molecule is Cc1nc(CC(C)c2ccccn2)c2n1CC=NC2C. The van der Waals surface area contributed by atoms with E-state index in [-0.39, 0.29) is 6.04 Å². The number of imidazole rings is 1. The second-order valence-corrected chi connectivity index (χ2v) is 5.47. The van der Waals surface area contributed by atoms with Gasteiger partial charge >= 0.3 is 0 Å². The number of nitrogens with zero attached hydrogens (tertiary/aromatic N) is 4. The Kier molecular flexibility index (Phi) is 3.38. The van der Waals surface area contributed by atoms with E-state index in [9.17, 15) is 0 Å². The van der Waals surface area contributed by atoms with Gasteiger partial charge in [0.1, 0.15) is 5.82 Å². The molecular weight excluding hydrogens is 248 g/mol. The van der Waals surface area contributed by atoms with Crippen LogP contribution in [-0.4, -0.2) is 20.7 Å². The summed E-state index contributed by atoms with van der Waals surface area (Å²) >= 11 is 0. The molecule has 3 rings (SSSR count). The van der Waals surface area contributed by atoms with Gasteiger partial charge in [-0.05, 0) is 32.4 Å². The summed E-state index contributed by atoms with van der Waals surface area (Å²) in [5, 5.41) is 0. The van der Waals surface area contributed by atoms with Crippen LogP contribution in [0.2, 0.25) is 0 Å². The minimum Gasteiger partial charge on any atom is -0.325 e. The highest BCUT2D eigenvalue weighted by Gasteiger charge is 2.23. The van der Waals surface area contributed by atoms with Crippen molar-refractivity contribution in [2.45, 2.75) is 45.7 Å². The standard InChI is InChI=1S/C16H20N4/c1-11(14-6-4-5-7-18-14)10-15-16-12(2)17-8-9-20(16)13(3)19-15/h4-8,11-12H,9-10H2,1-3H3. The highest BCUT2D eigenvalue weighted by Crippen LogP contribution is 2.28. The molecule has 0 saturated heterocycles. The minimum atomic E-state index is 0.205. The summed E-state index contributed by atoms with van der Waals surface area (Å²) in [6.45, 7) is 7.26. The van der Waals surface area contributed by atoms with Gasteiger partial charge in [-0.2, -0.15) is 0 Å². The van der Waals surface area contributed by atoms with Crippen molar-refractivity contribution in [2.24, 2.45) is 4.99 Å². The van der Waals surface area contributed by atoms with Gasteiger partial charge in [-0.3, -0.25) is 9.98 Å². The summed E-state index contributed by atoms with van der Waals surface area (Å²) in [5.74, 6) is 1.45. The Morgan fingerprint density at radius 2 is 2.25 bits per heavy atom. The Labute approximate surface area is 119 Å². The van der Waals surface area contributed by atoms with E-state index in [2.05, 4.69) is 41.4 Å². The van der Waals surface area contributed by atoms with Crippen molar-refractivity contribution < 1.29 is 0 Å². The van der Waals surface area contributed by atoms with E-state index in [1.807, 2.05) is 24.5 Å². The van der Waals surface area contributed by atoms with E-state index in [1.54, 1.807) is 0 Å². The van der Waals surface area contributed by atoms with Gasteiger partial charge in [-0.15, -0.1) is 0 Å². The van der Waals surface area contributed by atoms with Crippen molar-refractivity contribution in [2.75, 3.05) is 0 Å². The molecule has 2 aromatic rings. The van der Waals surface area contributed by atoms with Crippen molar-refractivity contribution in [1.29, 1.82) is 0 Å². The van der Waals surface area contributed by atoms with E-state index < -0.39 is 0 Å². The molecule has 2 unspecified atom stereocenters. The molecule has 2 atom stereocenters. The molecule has 2 aromatic heterocycles. The quantitative estimate of drug-likeness (QED) is 0.858. The van der Waals surface area contributed by atoms with Gasteiger partial charge in [0.25, 0.3) is 0 Å². The molecule has 0 N–H and O–H groups in total. The number of aliphatic imine (C=N–C) groups is 1. The second-order valence-electron chi connectivity index (χ2n) is 5.47. The number of fused-ring (bicyclic) bond motifs is 1. The third-order valence-electron chi connectivity index (χ3n) is 3.96. The number of aryl methyl sites for hydroxylation is 1. The molecule has 0 radical (unpaired) electrons. The van der Waals surface area contributed by atoms with Crippen molar-refractivity contribution in [1.82, 2.24) is 14.5 Å². The fraction of sp³-hybridized carbons (Fsp3) is 0.438. The summed E-state index contributed by atoms with van der Waals surface area (Å²) < 4.78 is 2.28. The Bertz CT molecular complexity index is 627. The van der Waals surface area contributed by atoms with Crippen molar-refractivity contribution in [3.8, 4) is 0 Å². The van der Waals surface area contributed by atoms with E-state index in [0.717, 1.165) is 24.5 Å². The van der Waals surface area contributed by atoms with E-state index in [0.29, 0.717) is 5.92 Å². The zero-order valence-corrected chi connectivity index (χ0v) is 12.2. The molecule has 0 fully saturated rings. The molecule has 0 amide bonds. The highest BCUT2D eigenvalue weighted by atomic mass is 15.1. The first-order valence-electron chi connectivity index (χ1n) is 7.15. The van der Waals surface area contributed by atoms with Gasteiger partial charge in [0, 0.05) is 24.0 Å². The summed E-state index contributed by atoms with van der Waals surface area (Å²) in [6, 6.07) is 6.28. The zero-order chi connectivity index (χ0) is 14.1. The molecule has 0 aromatic carbocycles. The number of hydrogen-bond acceptors (Lipinski definition) is 3. The fourth-order valence-electron chi connectivity index (χ4n) is 2.91. The molecule has 20 heavy (non-hydrogen) atoms. The van der Waals surface area contributed by atoms with Crippen LogP contribution in [0.1, 0.15) is 48.7 Å².